The highest BCUT2D eigenvalue weighted by Crippen LogP contribution is 2.53. The molecule has 3 N–H and O–H groups in total. The van der Waals surface area contributed by atoms with Gasteiger partial charge in [-0.3, -0.25) is 9.78 Å². The molecular weight excluding hydrogens is 501 g/mol. The van der Waals surface area contributed by atoms with E-state index in [0.717, 1.165) is 18.5 Å². The number of amidine groups is 1. The van der Waals surface area contributed by atoms with E-state index in [4.69, 9.17) is 15.2 Å². The summed E-state index contributed by atoms with van der Waals surface area (Å²) in [4.78, 5) is 28.9. The molecular formula is C26H17F3N6O3. The highest BCUT2D eigenvalue weighted by Gasteiger charge is 2.46. The fraction of sp³-hybridized carbons (Fsp3) is 0.115. The number of halogens is 3. The SMILES string of the molecule is NC1=N[C@@]2(CCO1)c1cc(NC(=O)c3ccc(F)cn3)ccc1Oc1c2cc(-c2cncc(F)c2)nc1F. The van der Waals surface area contributed by atoms with Crippen LogP contribution in [0.25, 0.3) is 11.3 Å². The number of nitrogens with one attached hydrogen (secondary N) is 1. The van der Waals surface area contributed by atoms with E-state index < -0.39 is 29.0 Å². The zero-order chi connectivity index (χ0) is 26.4. The number of aliphatic imine (C=N–C) groups is 1. The van der Waals surface area contributed by atoms with Crippen LogP contribution in [0, 0.1) is 17.6 Å². The molecule has 9 nitrogen and oxygen atoms in total. The van der Waals surface area contributed by atoms with Gasteiger partial charge in [-0.05, 0) is 42.5 Å². The van der Waals surface area contributed by atoms with Crippen LogP contribution in [0.2, 0.25) is 0 Å². The van der Waals surface area contributed by atoms with Crippen molar-refractivity contribution in [2.24, 2.45) is 10.7 Å². The smallest absolute Gasteiger partial charge is 0.283 e. The number of pyridine rings is 3. The number of amides is 1. The Balaban J connectivity index is 1.48. The molecule has 0 saturated heterocycles. The molecule has 0 fully saturated rings. The topological polar surface area (TPSA) is 125 Å². The third-order valence-corrected chi connectivity index (χ3v) is 6.25. The van der Waals surface area contributed by atoms with E-state index >= 15 is 4.39 Å². The largest absolute Gasteiger partial charge is 0.465 e. The van der Waals surface area contributed by atoms with Crippen molar-refractivity contribution in [1.29, 1.82) is 0 Å². The molecule has 2 aliphatic heterocycles. The molecule has 1 amide bonds. The van der Waals surface area contributed by atoms with Gasteiger partial charge in [0.15, 0.2) is 5.75 Å². The molecule has 38 heavy (non-hydrogen) atoms. The number of nitrogens with zero attached hydrogens (tertiary/aromatic N) is 4. The number of ether oxygens (including phenoxy) is 2. The summed E-state index contributed by atoms with van der Waals surface area (Å²) in [6.45, 7) is 0.158. The van der Waals surface area contributed by atoms with E-state index in [1.165, 1.54) is 18.3 Å². The number of benzene rings is 1. The van der Waals surface area contributed by atoms with Crippen molar-refractivity contribution in [2.45, 2.75) is 12.0 Å². The van der Waals surface area contributed by atoms with Crippen LogP contribution in [0.4, 0.5) is 18.9 Å². The van der Waals surface area contributed by atoms with Gasteiger partial charge in [-0.2, -0.15) is 4.39 Å². The van der Waals surface area contributed by atoms with Crippen LogP contribution in [0.15, 0.2) is 66.0 Å². The lowest BCUT2D eigenvalue weighted by atomic mass is 9.77. The fourth-order valence-corrected chi connectivity index (χ4v) is 4.56. The minimum Gasteiger partial charge on any atom is -0.465 e. The van der Waals surface area contributed by atoms with Crippen LogP contribution in [0.5, 0.6) is 11.5 Å². The fourth-order valence-electron chi connectivity index (χ4n) is 4.56. The Morgan fingerprint density at radius 1 is 1.00 bits per heavy atom. The van der Waals surface area contributed by atoms with Gasteiger partial charge in [-0.25, -0.2) is 23.7 Å². The number of rotatable bonds is 3. The number of fused-ring (bicyclic) bond motifs is 4. The third-order valence-electron chi connectivity index (χ3n) is 6.25. The van der Waals surface area contributed by atoms with Crippen LogP contribution in [0.3, 0.4) is 0 Å². The van der Waals surface area contributed by atoms with Gasteiger partial charge in [0.05, 0.1) is 24.7 Å². The van der Waals surface area contributed by atoms with Gasteiger partial charge in [-0.15, -0.1) is 0 Å². The molecule has 1 atom stereocenters. The first kappa shape index (κ1) is 23.4. The lowest BCUT2D eigenvalue weighted by Crippen LogP contribution is -2.39. The highest BCUT2D eigenvalue weighted by molar-refractivity contribution is 6.03. The molecule has 0 radical (unpaired) electrons. The second-order valence-electron chi connectivity index (χ2n) is 8.60. The minimum absolute atomic E-state index is 0.00949. The summed E-state index contributed by atoms with van der Waals surface area (Å²) in [6.07, 6.45) is 3.58. The van der Waals surface area contributed by atoms with Crippen LogP contribution >= 0.6 is 0 Å². The van der Waals surface area contributed by atoms with Crippen molar-refractivity contribution < 1.29 is 27.4 Å². The number of hydrogen-bond acceptors (Lipinski definition) is 8. The van der Waals surface area contributed by atoms with Gasteiger partial charge in [0.1, 0.15) is 28.6 Å². The maximum Gasteiger partial charge on any atom is 0.283 e. The number of hydrogen-bond donors (Lipinski definition) is 2. The second kappa shape index (κ2) is 8.83. The normalized spacial score (nSPS) is 17.5. The van der Waals surface area contributed by atoms with E-state index in [9.17, 15) is 13.6 Å². The Bertz CT molecular complexity index is 1630. The maximum absolute atomic E-state index is 15.4. The lowest BCUT2D eigenvalue weighted by Gasteiger charge is -2.39. The molecule has 190 valence electrons. The Kier molecular flexibility index (Phi) is 5.44. The first-order valence-electron chi connectivity index (χ1n) is 11.4. The molecule has 12 heteroatoms. The average Bonchev–Trinajstić information content (AvgIpc) is 2.90. The van der Waals surface area contributed by atoms with Crippen LogP contribution in [-0.4, -0.2) is 33.5 Å². The quantitative estimate of drug-likeness (QED) is 0.388. The molecule has 0 unspecified atom stereocenters. The van der Waals surface area contributed by atoms with Crippen molar-refractivity contribution >= 4 is 17.6 Å². The summed E-state index contributed by atoms with van der Waals surface area (Å²) in [6, 6.07) is 9.74. The van der Waals surface area contributed by atoms with E-state index in [1.807, 2.05) is 0 Å². The summed E-state index contributed by atoms with van der Waals surface area (Å²) >= 11 is 0. The zero-order valence-corrected chi connectivity index (χ0v) is 19.4. The molecule has 1 spiro atoms. The molecule has 0 aliphatic carbocycles. The van der Waals surface area contributed by atoms with Crippen molar-refractivity contribution in [3.63, 3.8) is 0 Å². The number of anilines is 1. The molecule has 3 aromatic heterocycles. The number of carbonyl (C=O) groups excluding carboxylic acids is 1. The minimum atomic E-state index is -1.26. The number of nitrogens with two attached hydrogens (primary N) is 1. The van der Waals surface area contributed by atoms with Crippen molar-refractivity contribution in [1.82, 2.24) is 15.0 Å². The molecule has 6 rings (SSSR count). The molecule has 0 saturated carbocycles. The van der Waals surface area contributed by atoms with Gasteiger partial charge < -0.3 is 20.5 Å². The number of carbonyl (C=O) groups is 1. The predicted octanol–water partition coefficient (Wildman–Crippen LogP) is 4.29. The van der Waals surface area contributed by atoms with E-state index in [1.54, 1.807) is 24.3 Å². The first-order valence-corrected chi connectivity index (χ1v) is 11.4. The summed E-state index contributed by atoms with van der Waals surface area (Å²) in [7, 11) is 0. The molecule has 4 aromatic rings. The summed E-state index contributed by atoms with van der Waals surface area (Å²) in [5.41, 5.74) is 6.23. The Hall–Kier alpha value is -5.00. The standard InChI is InChI=1S/C26H17F3N6O3/c27-14-1-3-19(32-12-14)24(36)33-16-2-4-21-17(8-16)26(5-6-37-25(30)35-26)18-9-20(34-23(29)22(18)38-21)13-7-15(28)11-31-10-13/h1-4,7-12H,5-6H2,(H2,30,35)(H,33,36)/t26-/m0/s1. The molecule has 1 aromatic carbocycles. The van der Waals surface area contributed by atoms with Gasteiger partial charge >= 0.3 is 0 Å². The molecule has 5 heterocycles. The van der Waals surface area contributed by atoms with Gasteiger partial charge in [-0.1, -0.05) is 0 Å². The summed E-state index contributed by atoms with van der Waals surface area (Å²) < 4.78 is 53.7. The first-order chi connectivity index (χ1) is 18.3. The van der Waals surface area contributed by atoms with Crippen LogP contribution in [-0.2, 0) is 10.3 Å². The third kappa shape index (κ3) is 3.95. The molecule has 2 aliphatic rings. The molecule has 0 bridgehead atoms. The predicted molar refractivity (Wildman–Crippen MR) is 129 cm³/mol. The Morgan fingerprint density at radius 3 is 2.63 bits per heavy atom. The van der Waals surface area contributed by atoms with Crippen molar-refractivity contribution in [2.75, 3.05) is 11.9 Å². The second-order valence-corrected chi connectivity index (χ2v) is 8.60. The maximum atomic E-state index is 15.4. The monoisotopic (exact) mass is 518 g/mol. The van der Waals surface area contributed by atoms with Gasteiger partial charge in [0, 0.05) is 35.0 Å². The van der Waals surface area contributed by atoms with E-state index in [0.29, 0.717) is 16.8 Å². The van der Waals surface area contributed by atoms with E-state index in [-0.39, 0.29) is 47.5 Å². The number of aromatic nitrogens is 3. The average molecular weight is 518 g/mol. The van der Waals surface area contributed by atoms with Gasteiger partial charge in [0.25, 0.3) is 17.9 Å². The van der Waals surface area contributed by atoms with Crippen LogP contribution < -0.4 is 15.8 Å². The van der Waals surface area contributed by atoms with Crippen LogP contribution in [0.1, 0.15) is 28.0 Å². The summed E-state index contributed by atoms with van der Waals surface area (Å²) in [5, 5.41) is 2.71. The van der Waals surface area contributed by atoms with Crippen molar-refractivity contribution in [3.05, 3.63) is 95.5 Å². The lowest BCUT2D eigenvalue weighted by molar-refractivity contribution is 0.102. The van der Waals surface area contributed by atoms with Gasteiger partial charge in [0.2, 0.25) is 0 Å². The van der Waals surface area contributed by atoms with Crippen molar-refractivity contribution in [3.8, 4) is 22.8 Å². The Morgan fingerprint density at radius 2 is 1.87 bits per heavy atom. The summed E-state index contributed by atoms with van der Waals surface area (Å²) in [5.74, 6) is -2.55. The Labute approximate surface area is 213 Å². The highest BCUT2D eigenvalue weighted by atomic mass is 19.1. The van der Waals surface area contributed by atoms with E-state index in [2.05, 4.69) is 25.3 Å². The zero-order valence-electron chi connectivity index (χ0n) is 19.4.